The van der Waals surface area contributed by atoms with E-state index in [0.29, 0.717) is 46.3 Å². The summed E-state index contributed by atoms with van der Waals surface area (Å²) in [4.78, 5) is 35.9. The minimum absolute atomic E-state index is 0. The van der Waals surface area contributed by atoms with Gasteiger partial charge < -0.3 is 44.9 Å². The number of quaternary nitrogens is 1. The van der Waals surface area contributed by atoms with Gasteiger partial charge in [-0.25, -0.2) is 32.8 Å². The number of aromatic nitrogens is 4. The van der Waals surface area contributed by atoms with Crippen LogP contribution in [0.1, 0.15) is 18.3 Å². The van der Waals surface area contributed by atoms with E-state index in [2.05, 4.69) is 82.8 Å². The van der Waals surface area contributed by atoms with Crippen molar-refractivity contribution in [3.63, 3.8) is 0 Å². The Morgan fingerprint density at radius 1 is 0.963 bits per heavy atom. The van der Waals surface area contributed by atoms with E-state index in [9.17, 15) is 24.0 Å². The van der Waals surface area contributed by atoms with Crippen LogP contribution in [0.5, 0.6) is 0 Å². The maximum Gasteiger partial charge on any atom is 1.00 e. The molecule has 2 heterocycles. The molecule has 0 unspecified atom stereocenters. The van der Waals surface area contributed by atoms with Gasteiger partial charge in [0.2, 0.25) is 0 Å². The van der Waals surface area contributed by atoms with Crippen LogP contribution in [0.25, 0.3) is 5.41 Å². The number of nitrogens with zero attached hydrogens (tertiary/aromatic N) is 7. The van der Waals surface area contributed by atoms with Crippen LogP contribution >= 0.6 is 55.4 Å². The molecule has 4 aromatic rings. The molecule has 12 N–H and O–H groups in total. The SMILES string of the molecule is CC=O.NC(=O)NCCSc1nonc1C(=Nc1ccc(F)c(Br)c1)NO.O.[Cl-].[K+].[N-]=C=O.[NH3+]CCSc1nonc1C(=Nc1ccc(F)c(Br)c1)NO. The van der Waals surface area contributed by atoms with E-state index in [0.717, 1.165) is 12.0 Å². The molecule has 2 amide bonds. The summed E-state index contributed by atoms with van der Waals surface area (Å²) in [5.41, 5.74) is 13.8. The number of hydrogen-bond donors (Lipinski definition) is 7. The number of halogens is 5. The number of primary amides is 1. The van der Waals surface area contributed by atoms with Gasteiger partial charge in [0, 0.05) is 18.1 Å². The monoisotopic (exact) mass is 972 g/mol. The van der Waals surface area contributed by atoms with Crippen molar-refractivity contribution in [2.45, 2.75) is 17.0 Å². The van der Waals surface area contributed by atoms with Gasteiger partial charge in [0.05, 0.1) is 26.9 Å². The molecule has 290 valence electrons. The molecule has 0 radical (unpaired) electrons. The maximum atomic E-state index is 13.2. The number of nitrogens with one attached hydrogen (secondary N) is 3. The van der Waals surface area contributed by atoms with Crippen LogP contribution in [0.3, 0.4) is 0 Å². The Morgan fingerprint density at radius 3 is 1.69 bits per heavy atom. The number of thioether (sulfide) groups is 2. The first kappa shape index (κ1) is 55.6. The molecule has 0 spiro atoms. The predicted molar refractivity (Wildman–Crippen MR) is 190 cm³/mol. The number of isocyanates is 1. The molecule has 0 saturated carbocycles. The Bertz CT molecular complexity index is 1810. The molecule has 2 aromatic carbocycles. The number of urea groups is 1. The van der Waals surface area contributed by atoms with E-state index in [-0.39, 0.29) is 101 Å². The first-order valence-corrected chi connectivity index (χ1v) is 17.1. The van der Waals surface area contributed by atoms with Crippen molar-refractivity contribution in [1.29, 1.82) is 0 Å². The molecular formula is C26H30Br2ClF2KN12O8S2. The van der Waals surface area contributed by atoms with Gasteiger partial charge in [-0.05, 0) is 102 Å². The second kappa shape index (κ2) is 32.5. The Hall–Kier alpha value is -2.73. The van der Waals surface area contributed by atoms with Crippen LogP contribution in [-0.4, -0.2) is 91.2 Å². The van der Waals surface area contributed by atoms with Gasteiger partial charge >= 0.3 is 57.4 Å². The molecule has 20 nitrogen and oxygen atoms in total. The number of rotatable bonds is 11. The molecule has 28 heteroatoms. The molecule has 0 aliphatic heterocycles. The third-order valence-corrected chi connectivity index (χ3v) is 8.09. The Labute approximate surface area is 378 Å². The number of nitrogens with two attached hydrogens (primary N) is 1. The molecular weight excluding hydrogens is 945 g/mol. The van der Waals surface area contributed by atoms with Crippen molar-refractivity contribution in [2.75, 3.05) is 24.6 Å². The van der Waals surface area contributed by atoms with Crippen molar-refractivity contribution >= 4 is 96.8 Å². The summed E-state index contributed by atoms with van der Waals surface area (Å²) >= 11 is 8.72. The van der Waals surface area contributed by atoms with Gasteiger partial charge in [0.15, 0.2) is 33.1 Å². The number of amides is 2. The van der Waals surface area contributed by atoms with Gasteiger partial charge in [-0.3, -0.25) is 26.2 Å². The zero-order valence-electron chi connectivity index (χ0n) is 27.9. The number of carbonyl (C=O) groups is 2. The van der Waals surface area contributed by atoms with E-state index in [1.807, 2.05) is 11.0 Å². The minimum Gasteiger partial charge on any atom is -1.00 e. The number of hydroxylamine groups is 2. The second-order valence-electron chi connectivity index (χ2n) is 8.35. The fourth-order valence-electron chi connectivity index (χ4n) is 2.96. The van der Waals surface area contributed by atoms with E-state index in [1.165, 1.54) is 66.8 Å². The summed E-state index contributed by atoms with van der Waals surface area (Å²) in [5.74, 6) is 0.366. The largest absolute Gasteiger partial charge is 1.00 e. The Balaban J connectivity index is -0.000000805. The summed E-state index contributed by atoms with van der Waals surface area (Å²) < 4.78 is 36.2. The summed E-state index contributed by atoms with van der Waals surface area (Å²) in [6.45, 7) is 2.47. The smallest absolute Gasteiger partial charge is 1.00 e. The standard InChI is InChI=1S/C12H12BrFN6O3S.C11H11BrFN5O2S.C2H4O.CNO.ClH.K.H2O/c13-7-5-6(1-2-8(7)14)17-10(18-22)9-11(20-23-19-9)24-4-3-16-12(15)21;12-7-5-6(1-2-8(7)13)15-10(16-19)9-11(18-20-17-9)21-4-3-14;1-2-3;2-1-3;;;/h1-2,5,22H,3-4H2,(H,17,18)(H3,15,16,21);1-2,5,19H,3-4,14H2,(H,15,16);2H,1H3;;1H;;1H2/q;;;-1;;+1;. The fourth-order valence-corrected chi connectivity index (χ4v) is 5.14. The van der Waals surface area contributed by atoms with Gasteiger partial charge in [0.25, 0.3) is 0 Å². The third-order valence-electron chi connectivity index (χ3n) is 4.89. The first-order valence-electron chi connectivity index (χ1n) is 13.5. The molecule has 4 rings (SSSR count). The number of carbonyl (C=O) groups excluding carboxylic acids is 3. The number of hydrogen-bond acceptors (Lipinski definition) is 15. The van der Waals surface area contributed by atoms with Crippen LogP contribution in [-0.2, 0) is 9.59 Å². The van der Waals surface area contributed by atoms with Gasteiger partial charge in [0.1, 0.15) is 17.9 Å². The maximum absolute atomic E-state index is 13.2. The minimum atomic E-state index is -0.629. The number of aldehydes is 1. The van der Waals surface area contributed by atoms with Gasteiger partial charge in [-0.1, -0.05) is 23.5 Å². The summed E-state index contributed by atoms with van der Waals surface area (Å²) in [6, 6.07) is 7.66. The average molecular weight is 975 g/mol. The van der Waals surface area contributed by atoms with Crippen LogP contribution in [0.15, 0.2) is 74.6 Å². The zero-order valence-corrected chi connectivity index (χ0v) is 36.6. The van der Waals surface area contributed by atoms with Crippen LogP contribution < -0.4 is 91.5 Å². The Kier molecular flexibility index (Phi) is 33.5. The number of amidine groups is 2. The van der Waals surface area contributed by atoms with Crippen LogP contribution in [0.2, 0.25) is 0 Å². The van der Waals surface area contributed by atoms with Crippen molar-refractivity contribution in [2.24, 2.45) is 15.7 Å². The van der Waals surface area contributed by atoms with Crippen molar-refractivity contribution in [3.05, 3.63) is 73.8 Å². The molecule has 0 atom stereocenters. The van der Waals surface area contributed by atoms with E-state index >= 15 is 0 Å². The van der Waals surface area contributed by atoms with Crippen LogP contribution in [0.4, 0.5) is 25.0 Å². The molecule has 0 bridgehead atoms. The zero-order chi connectivity index (χ0) is 38.2. The second-order valence-corrected chi connectivity index (χ2v) is 12.2. The van der Waals surface area contributed by atoms with E-state index in [4.69, 9.17) is 20.7 Å². The van der Waals surface area contributed by atoms with Crippen molar-refractivity contribution in [3.8, 4) is 0 Å². The van der Waals surface area contributed by atoms with E-state index in [1.54, 1.807) is 0 Å². The fraction of sp³-hybridized carbons (Fsp3) is 0.192. The third kappa shape index (κ3) is 20.8. The number of aliphatic imine (C=N–C) groups is 2. The topological polar surface area (TPSA) is 338 Å². The molecule has 2 aromatic heterocycles. The average Bonchev–Trinajstić information content (AvgIpc) is 3.77. The van der Waals surface area contributed by atoms with Crippen LogP contribution in [0, 0.1) is 11.6 Å². The predicted octanol–water partition coefficient (Wildman–Crippen LogP) is -3.57. The van der Waals surface area contributed by atoms with Crippen molar-refractivity contribution in [1.82, 2.24) is 36.9 Å². The molecule has 0 saturated heterocycles. The summed E-state index contributed by atoms with van der Waals surface area (Å²) in [7, 11) is 0. The van der Waals surface area contributed by atoms with E-state index < -0.39 is 17.7 Å². The molecule has 0 aliphatic carbocycles. The van der Waals surface area contributed by atoms with Crippen molar-refractivity contribution < 1.29 is 118 Å². The number of benzene rings is 2. The molecule has 0 fully saturated rings. The summed E-state index contributed by atoms with van der Waals surface area (Å²) in [6.07, 6.45) is 1.25. The summed E-state index contributed by atoms with van der Waals surface area (Å²) in [5, 5.41) is 43.4. The molecule has 0 aliphatic rings. The normalized spacial score (nSPS) is 10.0. The Morgan fingerprint density at radius 2 is 1.35 bits per heavy atom. The quantitative estimate of drug-likeness (QED) is 0.0112. The van der Waals surface area contributed by atoms with Gasteiger partial charge in [-0.15, -0.1) is 0 Å². The first-order chi connectivity index (χ1) is 24.5. The molecule has 54 heavy (non-hydrogen) atoms. The van der Waals surface area contributed by atoms with Gasteiger partial charge in [-0.2, -0.15) is 0 Å².